The zero-order valence-corrected chi connectivity index (χ0v) is 10.4. The molecule has 0 spiro atoms. The van der Waals surface area contributed by atoms with E-state index in [0.717, 1.165) is 23.7 Å². The van der Waals surface area contributed by atoms with E-state index in [4.69, 9.17) is 5.26 Å². The van der Waals surface area contributed by atoms with Gasteiger partial charge in [0.15, 0.2) is 5.69 Å². The van der Waals surface area contributed by atoms with E-state index in [1.807, 2.05) is 0 Å². The SMILES string of the molecule is N#Cc1cc(C(F)(F)F)ccc1NC(=O)c1csnn1. The first-order chi connectivity index (χ1) is 9.41. The fourth-order valence-electron chi connectivity index (χ4n) is 1.37. The Labute approximate surface area is 114 Å². The van der Waals surface area contributed by atoms with E-state index in [1.165, 1.54) is 5.38 Å². The molecular weight excluding hydrogens is 293 g/mol. The molecule has 0 saturated carbocycles. The van der Waals surface area contributed by atoms with E-state index in [2.05, 4.69) is 14.9 Å². The molecule has 0 aliphatic heterocycles. The lowest BCUT2D eigenvalue weighted by Crippen LogP contribution is -2.14. The van der Waals surface area contributed by atoms with Gasteiger partial charge in [-0.25, -0.2) is 0 Å². The van der Waals surface area contributed by atoms with Gasteiger partial charge in [0.1, 0.15) is 6.07 Å². The second-order valence-corrected chi connectivity index (χ2v) is 4.22. The fourth-order valence-corrected chi connectivity index (χ4v) is 1.81. The molecule has 0 aliphatic carbocycles. The highest BCUT2D eigenvalue weighted by molar-refractivity contribution is 7.03. The first-order valence-corrected chi connectivity index (χ1v) is 5.95. The van der Waals surface area contributed by atoms with E-state index in [0.29, 0.717) is 6.07 Å². The van der Waals surface area contributed by atoms with Crippen LogP contribution in [0.2, 0.25) is 0 Å². The Bertz CT molecular complexity index is 676. The standard InChI is InChI=1S/C11H5F3N4OS/c12-11(13,14)7-1-2-8(6(3-7)4-15)16-10(19)9-5-20-18-17-9/h1-3,5H,(H,16,19). The van der Waals surface area contributed by atoms with Gasteiger partial charge in [0.25, 0.3) is 5.91 Å². The molecule has 0 bridgehead atoms. The van der Waals surface area contributed by atoms with Gasteiger partial charge in [0.05, 0.1) is 16.8 Å². The Morgan fingerprint density at radius 3 is 2.70 bits per heavy atom. The summed E-state index contributed by atoms with van der Waals surface area (Å²) < 4.78 is 41.0. The number of hydrogen-bond donors (Lipinski definition) is 1. The molecule has 2 rings (SSSR count). The van der Waals surface area contributed by atoms with Crippen molar-refractivity contribution < 1.29 is 18.0 Å². The number of nitrogens with one attached hydrogen (secondary N) is 1. The molecule has 1 aromatic heterocycles. The van der Waals surface area contributed by atoms with Crippen molar-refractivity contribution in [2.24, 2.45) is 0 Å². The zero-order valence-electron chi connectivity index (χ0n) is 9.60. The molecular formula is C11H5F3N4OS. The summed E-state index contributed by atoms with van der Waals surface area (Å²) in [6, 6.07) is 4.10. The Balaban J connectivity index is 2.29. The number of nitrogens with zero attached hydrogens (tertiary/aromatic N) is 3. The molecule has 1 aromatic carbocycles. The van der Waals surface area contributed by atoms with Crippen LogP contribution >= 0.6 is 11.5 Å². The number of hydrogen-bond acceptors (Lipinski definition) is 5. The Kier molecular flexibility index (Phi) is 3.67. The third kappa shape index (κ3) is 2.92. The Morgan fingerprint density at radius 2 is 2.15 bits per heavy atom. The van der Waals surface area contributed by atoms with Crippen molar-refractivity contribution in [1.29, 1.82) is 5.26 Å². The van der Waals surface area contributed by atoms with Gasteiger partial charge in [-0.3, -0.25) is 4.79 Å². The van der Waals surface area contributed by atoms with Crippen molar-refractivity contribution >= 4 is 23.1 Å². The number of carbonyl (C=O) groups is 1. The molecule has 0 unspecified atom stereocenters. The maximum atomic E-state index is 12.5. The number of anilines is 1. The highest BCUT2D eigenvalue weighted by atomic mass is 32.1. The number of benzene rings is 1. The van der Waals surface area contributed by atoms with Gasteiger partial charge in [-0.1, -0.05) is 4.49 Å². The summed E-state index contributed by atoms with van der Waals surface area (Å²) in [5, 5.41) is 16.1. The van der Waals surface area contributed by atoms with Gasteiger partial charge in [0, 0.05) is 5.38 Å². The third-order valence-electron chi connectivity index (χ3n) is 2.31. The van der Waals surface area contributed by atoms with E-state index in [9.17, 15) is 18.0 Å². The molecule has 1 amide bonds. The van der Waals surface area contributed by atoms with Crippen molar-refractivity contribution in [1.82, 2.24) is 9.59 Å². The minimum absolute atomic E-state index is 0.0153. The molecule has 0 fully saturated rings. The second-order valence-electron chi connectivity index (χ2n) is 3.61. The van der Waals surface area contributed by atoms with Gasteiger partial charge in [0.2, 0.25) is 0 Å². The minimum Gasteiger partial charge on any atom is -0.319 e. The molecule has 0 aliphatic rings. The van der Waals surface area contributed by atoms with Gasteiger partial charge < -0.3 is 5.32 Å². The number of amides is 1. The highest BCUT2D eigenvalue weighted by Crippen LogP contribution is 2.31. The maximum Gasteiger partial charge on any atom is 0.416 e. The predicted molar refractivity (Wildman–Crippen MR) is 64.0 cm³/mol. The predicted octanol–water partition coefficient (Wildman–Crippen LogP) is 2.68. The smallest absolute Gasteiger partial charge is 0.319 e. The topological polar surface area (TPSA) is 78.7 Å². The van der Waals surface area contributed by atoms with E-state index < -0.39 is 17.6 Å². The van der Waals surface area contributed by atoms with Crippen LogP contribution < -0.4 is 5.32 Å². The molecule has 9 heteroatoms. The quantitative estimate of drug-likeness (QED) is 0.924. The Morgan fingerprint density at radius 1 is 1.40 bits per heavy atom. The van der Waals surface area contributed by atoms with E-state index in [1.54, 1.807) is 6.07 Å². The average molecular weight is 298 g/mol. The first kappa shape index (κ1) is 14.0. The van der Waals surface area contributed by atoms with Crippen LogP contribution in [0.4, 0.5) is 18.9 Å². The van der Waals surface area contributed by atoms with E-state index >= 15 is 0 Å². The summed E-state index contributed by atoms with van der Waals surface area (Å²) >= 11 is 0.959. The van der Waals surface area contributed by atoms with Crippen LogP contribution in [0, 0.1) is 11.3 Å². The van der Waals surface area contributed by atoms with Crippen LogP contribution in [0.1, 0.15) is 21.6 Å². The van der Waals surface area contributed by atoms with Crippen molar-refractivity contribution in [3.63, 3.8) is 0 Å². The molecule has 1 N–H and O–H groups in total. The summed E-state index contributed by atoms with van der Waals surface area (Å²) in [6.45, 7) is 0. The number of nitriles is 1. The van der Waals surface area contributed by atoms with E-state index in [-0.39, 0.29) is 16.9 Å². The van der Waals surface area contributed by atoms with Crippen LogP contribution in [-0.4, -0.2) is 15.5 Å². The van der Waals surface area contributed by atoms with Gasteiger partial charge in [-0.2, -0.15) is 18.4 Å². The number of carbonyl (C=O) groups excluding carboxylic acids is 1. The summed E-state index contributed by atoms with van der Waals surface area (Å²) in [5.74, 6) is -0.644. The average Bonchev–Trinajstić information content (AvgIpc) is 2.91. The molecule has 5 nitrogen and oxygen atoms in total. The highest BCUT2D eigenvalue weighted by Gasteiger charge is 2.31. The third-order valence-corrected chi connectivity index (χ3v) is 2.81. The second kappa shape index (κ2) is 5.26. The molecule has 102 valence electrons. The largest absolute Gasteiger partial charge is 0.416 e. The lowest BCUT2D eigenvalue weighted by Gasteiger charge is -2.10. The lowest BCUT2D eigenvalue weighted by molar-refractivity contribution is -0.137. The Hall–Kier alpha value is -2.47. The molecule has 1 heterocycles. The van der Waals surface area contributed by atoms with Gasteiger partial charge in [-0.15, -0.1) is 5.10 Å². The van der Waals surface area contributed by atoms with Gasteiger partial charge >= 0.3 is 6.18 Å². The number of aromatic nitrogens is 2. The molecule has 0 radical (unpaired) electrons. The summed E-state index contributed by atoms with van der Waals surface area (Å²) in [7, 11) is 0. The van der Waals surface area contributed by atoms with Crippen molar-refractivity contribution in [2.45, 2.75) is 6.18 Å². The normalized spacial score (nSPS) is 10.9. The first-order valence-electron chi connectivity index (χ1n) is 5.11. The number of alkyl halides is 3. The maximum absolute atomic E-state index is 12.5. The van der Waals surface area contributed by atoms with Gasteiger partial charge in [-0.05, 0) is 29.7 Å². The number of rotatable bonds is 2. The summed E-state index contributed by atoms with van der Waals surface area (Å²) in [4.78, 5) is 11.7. The fraction of sp³-hybridized carbons (Fsp3) is 0.0909. The lowest BCUT2D eigenvalue weighted by atomic mass is 10.1. The van der Waals surface area contributed by atoms with Crippen LogP contribution in [0.25, 0.3) is 0 Å². The van der Waals surface area contributed by atoms with Crippen LogP contribution in [0.5, 0.6) is 0 Å². The molecule has 0 atom stereocenters. The van der Waals surface area contributed by atoms with Crippen LogP contribution in [0.3, 0.4) is 0 Å². The molecule has 2 aromatic rings. The summed E-state index contributed by atoms with van der Waals surface area (Å²) in [5.41, 5.74) is -1.23. The molecule has 0 saturated heterocycles. The minimum atomic E-state index is -4.55. The molecule has 20 heavy (non-hydrogen) atoms. The van der Waals surface area contributed by atoms with Crippen LogP contribution in [-0.2, 0) is 6.18 Å². The van der Waals surface area contributed by atoms with Crippen molar-refractivity contribution in [3.05, 3.63) is 40.4 Å². The van der Waals surface area contributed by atoms with Crippen molar-refractivity contribution in [2.75, 3.05) is 5.32 Å². The zero-order chi connectivity index (χ0) is 14.8. The monoisotopic (exact) mass is 298 g/mol. The number of halogens is 3. The van der Waals surface area contributed by atoms with Crippen LogP contribution in [0.15, 0.2) is 23.6 Å². The van der Waals surface area contributed by atoms with Crippen molar-refractivity contribution in [3.8, 4) is 6.07 Å². The summed E-state index contributed by atoms with van der Waals surface area (Å²) in [6.07, 6.45) is -4.55.